The van der Waals surface area contributed by atoms with Gasteiger partial charge in [-0.3, -0.25) is 0 Å². The molecule has 3 nitrogen and oxygen atoms in total. The fourth-order valence-corrected chi connectivity index (χ4v) is 1.68. The number of para-hydroxylation sites is 2. The molecule has 1 atom stereocenters. The molecule has 0 heterocycles. The lowest BCUT2D eigenvalue weighted by Crippen LogP contribution is -2.09. The Kier molecular flexibility index (Phi) is 3.83. The van der Waals surface area contributed by atoms with Crippen LogP contribution in [0.3, 0.4) is 0 Å². The molecule has 0 aliphatic carbocycles. The van der Waals surface area contributed by atoms with Gasteiger partial charge in [-0.2, -0.15) is 5.26 Å². The minimum Gasteiger partial charge on any atom is -0.490 e. The molecule has 2 N–H and O–H groups in total. The molecule has 0 saturated heterocycles. The van der Waals surface area contributed by atoms with E-state index >= 15 is 0 Å². The maximum atomic E-state index is 9.17. The van der Waals surface area contributed by atoms with E-state index in [-0.39, 0.29) is 5.92 Å². The highest BCUT2D eigenvalue weighted by Gasteiger charge is 2.11. The van der Waals surface area contributed by atoms with E-state index in [1.807, 2.05) is 42.5 Å². The summed E-state index contributed by atoms with van der Waals surface area (Å²) < 4.78 is 5.60. The van der Waals surface area contributed by atoms with Crippen molar-refractivity contribution in [2.75, 3.05) is 12.3 Å². The number of hydrogen-bond donors (Lipinski definition) is 1. The molecule has 2 aromatic rings. The van der Waals surface area contributed by atoms with Gasteiger partial charge in [-0.25, -0.2) is 0 Å². The molecule has 0 spiro atoms. The van der Waals surface area contributed by atoms with Gasteiger partial charge < -0.3 is 10.5 Å². The second-order valence-corrected chi connectivity index (χ2v) is 3.94. The Balaban J connectivity index is 2.05. The van der Waals surface area contributed by atoms with Crippen molar-refractivity contribution in [3.05, 3.63) is 60.2 Å². The molecule has 2 rings (SSSR count). The number of nitrogens with zero attached hydrogens (tertiary/aromatic N) is 1. The maximum absolute atomic E-state index is 9.17. The average Bonchev–Trinajstić information content (AvgIpc) is 2.42. The Hall–Kier alpha value is -2.47. The molecule has 2 aromatic carbocycles. The zero-order valence-electron chi connectivity index (χ0n) is 9.91. The number of nitriles is 1. The van der Waals surface area contributed by atoms with Gasteiger partial charge in [0.1, 0.15) is 18.3 Å². The Labute approximate surface area is 106 Å². The van der Waals surface area contributed by atoms with Gasteiger partial charge in [0.05, 0.1) is 11.8 Å². The van der Waals surface area contributed by atoms with Crippen LogP contribution in [0.25, 0.3) is 0 Å². The molecule has 1 unspecified atom stereocenters. The van der Waals surface area contributed by atoms with Gasteiger partial charge in [0, 0.05) is 0 Å². The minimum atomic E-state index is -0.286. The lowest BCUT2D eigenvalue weighted by atomic mass is 10.0. The fraction of sp³-hybridized carbons (Fsp3) is 0.133. The van der Waals surface area contributed by atoms with Crippen molar-refractivity contribution in [2.24, 2.45) is 0 Å². The van der Waals surface area contributed by atoms with Crippen LogP contribution in [0.2, 0.25) is 0 Å². The zero-order valence-corrected chi connectivity index (χ0v) is 9.91. The van der Waals surface area contributed by atoms with Crippen molar-refractivity contribution < 1.29 is 4.74 Å². The molecule has 0 saturated carbocycles. The fourth-order valence-electron chi connectivity index (χ4n) is 1.68. The smallest absolute Gasteiger partial charge is 0.142 e. The van der Waals surface area contributed by atoms with E-state index in [0.29, 0.717) is 18.0 Å². The number of nitrogen functional groups attached to an aromatic ring is 1. The van der Waals surface area contributed by atoms with E-state index in [2.05, 4.69) is 6.07 Å². The second kappa shape index (κ2) is 5.74. The van der Waals surface area contributed by atoms with Crippen LogP contribution in [-0.4, -0.2) is 6.61 Å². The van der Waals surface area contributed by atoms with E-state index in [4.69, 9.17) is 15.7 Å². The molecule has 0 bridgehead atoms. The molecule has 0 amide bonds. The van der Waals surface area contributed by atoms with E-state index in [9.17, 15) is 0 Å². The minimum absolute atomic E-state index is 0.286. The van der Waals surface area contributed by atoms with Crippen molar-refractivity contribution in [2.45, 2.75) is 5.92 Å². The largest absolute Gasteiger partial charge is 0.490 e. The number of ether oxygens (including phenoxy) is 1. The van der Waals surface area contributed by atoms with Gasteiger partial charge in [0.25, 0.3) is 0 Å². The van der Waals surface area contributed by atoms with Crippen molar-refractivity contribution in [1.82, 2.24) is 0 Å². The topological polar surface area (TPSA) is 59.0 Å². The average molecular weight is 238 g/mol. The monoisotopic (exact) mass is 238 g/mol. The number of hydrogen-bond acceptors (Lipinski definition) is 3. The summed E-state index contributed by atoms with van der Waals surface area (Å²) in [5.41, 5.74) is 7.32. The maximum Gasteiger partial charge on any atom is 0.142 e. The molecule has 3 heteroatoms. The third-order valence-electron chi connectivity index (χ3n) is 2.68. The van der Waals surface area contributed by atoms with Crippen molar-refractivity contribution >= 4 is 5.69 Å². The molecule has 90 valence electrons. The highest BCUT2D eigenvalue weighted by Crippen LogP contribution is 2.22. The Bertz CT molecular complexity index is 546. The lowest BCUT2D eigenvalue weighted by molar-refractivity contribution is 0.310. The van der Waals surface area contributed by atoms with Crippen LogP contribution in [0.5, 0.6) is 5.75 Å². The molecule has 18 heavy (non-hydrogen) atoms. The Morgan fingerprint density at radius 1 is 1.06 bits per heavy atom. The highest BCUT2D eigenvalue weighted by molar-refractivity contribution is 5.51. The second-order valence-electron chi connectivity index (χ2n) is 3.94. The third kappa shape index (κ3) is 2.80. The summed E-state index contributed by atoms with van der Waals surface area (Å²) in [5.74, 6) is 0.333. The number of rotatable bonds is 4. The summed E-state index contributed by atoms with van der Waals surface area (Å²) in [4.78, 5) is 0. The van der Waals surface area contributed by atoms with Crippen molar-refractivity contribution in [1.29, 1.82) is 5.26 Å². The molecule has 0 aliphatic heterocycles. The SMILES string of the molecule is N#CC(COc1ccccc1N)c1ccccc1. The van der Waals surface area contributed by atoms with Crippen LogP contribution >= 0.6 is 0 Å². The van der Waals surface area contributed by atoms with Gasteiger partial charge in [-0.05, 0) is 17.7 Å². The Morgan fingerprint density at radius 2 is 1.72 bits per heavy atom. The molecule has 0 aromatic heterocycles. The van der Waals surface area contributed by atoms with Crippen LogP contribution < -0.4 is 10.5 Å². The van der Waals surface area contributed by atoms with Gasteiger partial charge in [-0.15, -0.1) is 0 Å². The Morgan fingerprint density at radius 3 is 2.39 bits per heavy atom. The van der Waals surface area contributed by atoms with Gasteiger partial charge in [0.2, 0.25) is 0 Å². The number of nitrogens with two attached hydrogens (primary N) is 1. The standard InChI is InChI=1S/C15H14N2O/c16-10-13(12-6-2-1-3-7-12)11-18-15-9-5-4-8-14(15)17/h1-9,13H,11,17H2. The summed E-state index contributed by atoms with van der Waals surface area (Å²) in [5, 5.41) is 9.17. The van der Waals surface area contributed by atoms with Gasteiger partial charge in [-0.1, -0.05) is 42.5 Å². The quantitative estimate of drug-likeness (QED) is 0.833. The highest BCUT2D eigenvalue weighted by atomic mass is 16.5. The number of benzene rings is 2. The first-order valence-corrected chi connectivity index (χ1v) is 5.73. The zero-order chi connectivity index (χ0) is 12.8. The van der Waals surface area contributed by atoms with Crippen molar-refractivity contribution in [3.63, 3.8) is 0 Å². The van der Waals surface area contributed by atoms with E-state index < -0.39 is 0 Å². The van der Waals surface area contributed by atoms with E-state index in [1.165, 1.54) is 0 Å². The van der Waals surface area contributed by atoms with Crippen LogP contribution in [0.15, 0.2) is 54.6 Å². The summed E-state index contributed by atoms with van der Waals surface area (Å²) in [6.45, 7) is 0.300. The van der Waals surface area contributed by atoms with Crippen LogP contribution in [0.4, 0.5) is 5.69 Å². The molecular formula is C15H14N2O. The first kappa shape index (κ1) is 12.0. The summed E-state index contributed by atoms with van der Waals surface area (Å²) >= 11 is 0. The summed E-state index contributed by atoms with van der Waals surface area (Å²) in [6.07, 6.45) is 0. The molecule has 0 fully saturated rings. The summed E-state index contributed by atoms with van der Waals surface area (Å²) in [6, 6.07) is 19.1. The van der Waals surface area contributed by atoms with E-state index in [0.717, 1.165) is 5.56 Å². The van der Waals surface area contributed by atoms with Crippen LogP contribution in [0.1, 0.15) is 11.5 Å². The molecular weight excluding hydrogens is 224 g/mol. The van der Waals surface area contributed by atoms with E-state index in [1.54, 1.807) is 12.1 Å². The predicted octanol–water partition coefficient (Wildman–Crippen LogP) is 2.95. The number of anilines is 1. The first-order chi connectivity index (χ1) is 8.81. The van der Waals surface area contributed by atoms with Gasteiger partial charge in [0.15, 0.2) is 0 Å². The van der Waals surface area contributed by atoms with Crippen molar-refractivity contribution in [3.8, 4) is 11.8 Å². The summed E-state index contributed by atoms with van der Waals surface area (Å²) in [7, 11) is 0. The molecule has 0 radical (unpaired) electrons. The molecule has 0 aliphatic rings. The van der Waals surface area contributed by atoms with Crippen LogP contribution in [0, 0.1) is 11.3 Å². The lowest BCUT2D eigenvalue weighted by Gasteiger charge is -2.12. The van der Waals surface area contributed by atoms with Gasteiger partial charge >= 0.3 is 0 Å². The normalized spacial score (nSPS) is 11.5. The first-order valence-electron chi connectivity index (χ1n) is 5.73. The van der Waals surface area contributed by atoms with Crippen LogP contribution in [-0.2, 0) is 0 Å². The third-order valence-corrected chi connectivity index (χ3v) is 2.68. The predicted molar refractivity (Wildman–Crippen MR) is 71.1 cm³/mol.